The minimum Gasteiger partial charge on any atom is -0.299 e. The van der Waals surface area contributed by atoms with Crippen LogP contribution in [0.1, 0.15) is 32.1 Å². The highest BCUT2D eigenvalue weighted by atomic mass is 16.1. The van der Waals surface area contributed by atoms with Crippen LogP contribution >= 0.6 is 0 Å². The van der Waals surface area contributed by atoms with Gasteiger partial charge in [-0.2, -0.15) is 0 Å². The Morgan fingerprint density at radius 2 is 2.29 bits per heavy atom. The van der Waals surface area contributed by atoms with Crippen LogP contribution in [0, 0.1) is 5.92 Å². The number of carbonyl (C=O) groups is 1. The van der Waals surface area contributed by atoms with Gasteiger partial charge in [0.2, 0.25) is 0 Å². The molecule has 0 N–H and O–H groups in total. The summed E-state index contributed by atoms with van der Waals surface area (Å²) in [6.07, 6.45) is 5.60. The Balaban J connectivity index is 1.97. The molecule has 0 aromatic carbocycles. The summed E-state index contributed by atoms with van der Waals surface area (Å²) >= 11 is 0. The van der Waals surface area contributed by atoms with Gasteiger partial charge >= 0.3 is 0 Å². The topological polar surface area (TPSA) is 20.3 Å². The molecule has 2 heterocycles. The molecule has 0 aromatic heterocycles. The molecule has 2 bridgehead atoms. The van der Waals surface area contributed by atoms with Gasteiger partial charge in [-0.05, 0) is 32.2 Å². The van der Waals surface area contributed by atoms with E-state index in [1.54, 1.807) is 0 Å². The van der Waals surface area contributed by atoms with Crippen molar-refractivity contribution in [2.75, 3.05) is 13.1 Å². The fourth-order valence-corrected chi connectivity index (χ4v) is 3.61. The van der Waals surface area contributed by atoms with Crippen molar-refractivity contribution >= 4 is 5.78 Å². The minimum absolute atomic E-state index is 0.207. The zero-order chi connectivity index (χ0) is 9.76. The summed E-state index contributed by atoms with van der Waals surface area (Å²) in [4.78, 5) is 14.3. The molecule has 3 fully saturated rings. The van der Waals surface area contributed by atoms with Gasteiger partial charge in [0.25, 0.3) is 0 Å². The molecule has 0 aromatic rings. The number of ketones is 1. The molecule has 2 aliphatic heterocycles. The highest BCUT2D eigenvalue weighted by Gasteiger charge is 2.50. The Labute approximate surface area is 85.0 Å². The van der Waals surface area contributed by atoms with Gasteiger partial charge in [0, 0.05) is 24.4 Å². The molecule has 1 spiro atoms. The molecular weight excluding hydrogens is 174 g/mol. The lowest BCUT2D eigenvalue weighted by molar-refractivity contribution is -0.128. The van der Waals surface area contributed by atoms with Crippen LogP contribution in [0.3, 0.4) is 0 Å². The molecular formula is C12H17NO. The van der Waals surface area contributed by atoms with E-state index in [1.807, 2.05) is 0 Å². The number of nitrogens with zero attached hydrogens (tertiary/aromatic N) is 1. The summed E-state index contributed by atoms with van der Waals surface area (Å²) in [6, 6.07) is 0. The van der Waals surface area contributed by atoms with Crippen molar-refractivity contribution in [3.8, 4) is 0 Å². The van der Waals surface area contributed by atoms with Crippen molar-refractivity contribution in [2.45, 2.75) is 37.6 Å². The monoisotopic (exact) mass is 191 g/mol. The van der Waals surface area contributed by atoms with Crippen molar-refractivity contribution < 1.29 is 4.79 Å². The van der Waals surface area contributed by atoms with E-state index in [1.165, 1.54) is 25.0 Å². The van der Waals surface area contributed by atoms with Crippen LogP contribution in [0.2, 0.25) is 0 Å². The third kappa shape index (κ3) is 0.977. The predicted octanol–water partition coefficient (Wildman–Crippen LogP) is 1.76. The Morgan fingerprint density at radius 1 is 1.43 bits per heavy atom. The van der Waals surface area contributed by atoms with Gasteiger partial charge in [-0.15, -0.1) is 0 Å². The van der Waals surface area contributed by atoms with Crippen molar-refractivity contribution in [2.24, 2.45) is 5.92 Å². The highest BCUT2D eigenvalue weighted by Crippen LogP contribution is 2.48. The van der Waals surface area contributed by atoms with Crippen molar-refractivity contribution in [1.29, 1.82) is 0 Å². The summed E-state index contributed by atoms with van der Waals surface area (Å²) in [6.45, 7) is 6.28. The molecule has 2 heteroatoms. The van der Waals surface area contributed by atoms with E-state index < -0.39 is 0 Å². The third-order valence-corrected chi connectivity index (χ3v) is 4.44. The van der Waals surface area contributed by atoms with Gasteiger partial charge < -0.3 is 0 Å². The maximum absolute atomic E-state index is 11.7. The number of hydrogen-bond acceptors (Lipinski definition) is 2. The molecule has 14 heavy (non-hydrogen) atoms. The van der Waals surface area contributed by atoms with Crippen LogP contribution < -0.4 is 0 Å². The number of fused-ring (bicyclic) bond motifs is 1. The summed E-state index contributed by atoms with van der Waals surface area (Å²) in [7, 11) is 0. The van der Waals surface area contributed by atoms with E-state index in [-0.39, 0.29) is 5.92 Å². The highest BCUT2D eigenvalue weighted by molar-refractivity contribution is 5.85. The van der Waals surface area contributed by atoms with E-state index in [0.717, 1.165) is 25.8 Å². The van der Waals surface area contributed by atoms with E-state index in [2.05, 4.69) is 11.5 Å². The van der Waals surface area contributed by atoms with Crippen molar-refractivity contribution in [3.63, 3.8) is 0 Å². The molecule has 2 atom stereocenters. The quantitative estimate of drug-likeness (QED) is 0.544. The fraction of sp³-hybridized carbons (Fsp3) is 0.750. The lowest BCUT2D eigenvalue weighted by Gasteiger charge is -2.49. The molecule has 3 rings (SSSR count). The smallest absolute Gasteiger partial charge is 0.140 e. The van der Waals surface area contributed by atoms with Crippen LogP contribution in [0.5, 0.6) is 0 Å². The SMILES string of the molecule is C=C1CN2CCC[C@@]23CCC(=O)[C@@H]1C3. The molecule has 76 valence electrons. The first kappa shape index (κ1) is 8.66. The molecule has 0 radical (unpaired) electrons. The van der Waals surface area contributed by atoms with Crippen LogP contribution in [0.25, 0.3) is 0 Å². The summed E-state index contributed by atoms with van der Waals surface area (Å²) in [5.74, 6) is 0.658. The molecule has 3 aliphatic rings. The summed E-state index contributed by atoms with van der Waals surface area (Å²) in [5, 5.41) is 0. The first-order chi connectivity index (χ1) is 6.71. The number of carbonyl (C=O) groups excluding carboxylic acids is 1. The van der Waals surface area contributed by atoms with Gasteiger partial charge in [-0.1, -0.05) is 12.2 Å². The predicted molar refractivity (Wildman–Crippen MR) is 55.0 cm³/mol. The normalized spacial score (nSPS) is 42.7. The van der Waals surface area contributed by atoms with E-state index in [0.29, 0.717) is 11.3 Å². The first-order valence-corrected chi connectivity index (χ1v) is 5.67. The first-order valence-electron chi connectivity index (χ1n) is 5.67. The Hall–Kier alpha value is -0.630. The van der Waals surface area contributed by atoms with Crippen molar-refractivity contribution in [3.05, 3.63) is 12.2 Å². The minimum atomic E-state index is 0.207. The average Bonchev–Trinajstić information content (AvgIpc) is 2.55. The zero-order valence-electron chi connectivity index (χ0n) is 8.59. The Kier molecular flexibility index (Phi) is 1.67. The number of hydrogen-bond donors (Lipinski definition) is 0. The second-order valence-corrected chi connectivity index (χ2v) is 5.13. The summed E-state index contributed by atoms with van der Waals surface area (Å²) < 4.78 is 0. The van der Waals surface area contributed by atoms with Gasteiger partial charge in [0.1, 0.15) is 5.78 Å². The molecule has 2 nitrogen and oxygen atoms in total. The second-order valence-electron chi connectivity index (χ2n) is 5.13. The van der Waals surface area contributed by atoms with Gasteiger partial charge in [0.15, 0.2) is 0 Å². The third-order valence-electron chi connectivity index (χ3n) is 4.44. The van der Waals surface area contributed by atoms with Gasteiger partial charge in [-0.25, -0.2) is 0 Å². The van der Waals surface area contributed by atoms with Crippen molar-refractivity contribution in [1.82, 2.24) is 4.90 Å². The lowest BCUT2D eigenvalue weighted by atomic mass is 9.68. The molecule has 1 saturated carbocycles. The van der Waals surface area contributed by atoms with Gasteiger partial charge in [-0.3, -0.25) is 9.69 Å². The van der Waals surface area contributed by atoms with Crippen LogP contribution in [-0.2, 0) is 4.79 Å². The number of Topliss-reactive ketones (excluding diaryl/α,β-unsaturated/α-hetero) is 1. The second kappa shape index (κ2) is 2.69. The summed E-state index contributed by atoms with van der Waals surface area (Å²) in [5.41, 5.74) is 1.58. The van der Waals surface area contributed by atoms with Gasteiger partial charge in [0.05, 0.1) is 0 Å². The van der Waals surface area contributed by atoms with Crippen LogP contribution in [0.4, 0.5) is 0 Å². The fourth-order valence-electron chi connectivity index (χ4n) is 3.61. The molecule has 2 saturated heterocycles. The largest absolute Gasteiger partial charge is 0.299 e. The van der Waals surface area contributed by atoms with E-state index >= 15 is 0 Å². The van der Waals surface area contributed by atoms with E-state index in [4.69, 9.17) is 0 Å². The van der Waals surface area contributed by atoms with E-state index in [9.17, 15) is 4.79 Å². The maximum Gasteiger partial charge on any atom is 0.140 e. The van der Waals surface area contributed by atoms with Crippen LogP contribution in [-0.4, -0.2) is 29.3 Å². The van der Waals surface area contributed by atoms with Crippen LogP contribution in [0.15, 0.2) is 12.2 Å². The Morgan fingerprint density at radius 3 is 3.14 bits per heavy atom. The lowest BCUT2D eigenvalue weighted by Crippen LogP contribution is -2.55. The number of rotatable bonds is 0. The Bertz CT molecular complexity index is 309. The number of piperidine rings is 1. The molecule has 1 aliphatic carbocycles. The maximum atomic E-state index is 11.7. The zero-order valence-corrected chi connectivity index (χ0v) is 8.59. The molecule has 0 unspecified atom stereocenters. The average molecular weight is 191 g/mol. The standard InChI is InChI=1S/C12H17NO/c1-9-8-13-6-2-4-12(13)5-3-11(14)10(9)7-12/h10H,1-8H2/t10-,12+/m1/s1. The molecule has 0 amide bonds.